The van der Waals surface area contributed by atoms with Crippen molar-refractivity contribution in [1.82, 2.24) is 0 Å². The first-order chi connectivity index (χ1) is 9.89. The van der Waals surface area contributed by atoms with E-state index in [0.29, 0.717) is 0 Å². The van der Waals surface area contributed by atoms with E-state index in [-0.39, 0.29) is 5.41 Å². The third kappa shape index (κ3) is 3.40. The van der Waals surface area contributed by atoms with Gasteiger partial charge in [0, 0.05) is 0 Å². The van der Waals surface area contributed by atoms with E-state index in [2.05, 4.69) is 76.7 Å². The fraction of sp³-hybridized carbons (Fsp3) is 0.500. The quantitative estimate of drug-likeness (QED) is 0.619. The van der Waals surface area contributed by atoms with Crippen molar-refractivity contribution < 1.29 is 0 Å². The first-order valence-electron chi connectivity index (χ1n) is 8.37. The van der Waals surface area contributed by atoms with Gasteiger partial charge in [0.2, 0.25) is 0 Å². The summed E-state index contributed by atoms with van der Waals surface area (Å²) in [7, 11) is -1.59. The maximum atomic E-state index is 2.58. The summed E-state index contributed by atoms with van der Waals surface area (Å²) in [6, 6.07) is 12.7. The van der Waals surface area contributed by atoms with Crippen LogP contribution in [0.15, 0.2) is 53.3 Å². The topological polar surface area (TPSA) is 0 Å². The van der Waals surface area contributed by atoms with E-state index in [9.17, 15) is 0 Å². The number of unbranched alkanes of at least 4 members (excludes halogenated alkanes) is 1. The largest absolute Gasteiger partial charge is 0.115 e. The average molecular weight is 299 g/mol. The van der Waals surface area contributed by atoms with Crippen LogP contribution in [0.2, 0.25) is 12.6 Å². The molecule has 1 aromatic carbocycles. The van der Waals surface area contributed by atoms with Gasteiger partial charge in [-0.15, -0.1) is 0 Å². The second kappa shape index (κ2) is 6.35. The van der Waals surface area contributed by atoms with Crippen LogP contribution in [0, 0.1) is 5.41 Å². The Hall–Kier alpha value is -1.08. The molecule has 2 rings (SSSR count). The van der Waals surface area contributed by atoms with Crippen molar-refractivity contribution in [3.8, 4) is 0 Å². The van der Waals surface area contributed by atoms with Gasteiger partial charge >= 0.3 is 0 Å². The molecule has 0 amide bonds. The highest BCUT2D eigenvalue weighted by Gasteiger charge is 2.38. The Balaban J connectivity index is 2.45. The van der Waals surface area contributed by atoms with E-state index in [0.717, 1.165) is 6.42 Å². The minimum absolute atomic E-state index is 0.261. The van der Waals surface area contributed by atoms with Crippen molar-refractivity contribution in [2.45, 2.75) is 59.5 Å². The zero-order valence-electron chi connectivity index (χ0n) is 14.4. The molecule has 114 valence electrons. The Kier molecular flexibility index (Phi) is 4.93. The second-order valence-electron chi connectivity index (χ2n) is 7.52. The molecular formula is C20H30Si. The average Bonchev–Trinajstić information content (AvgIpc) is 2.96. The van der Waals surface area contributed by atoms with E-state index in [1.54, 1.807) is 16.0 Å². The molecule has 0 N–H and O–H groups in total. The molecule has 1 atom stereocenters. The molecule has 1 aliphatic rings. The fourth-order valence-electron chi connectivity index (χ4n) is 3.52. The Morgan fingerprint density at radius 1 is 1.05 bits per heavy atom. The predicted molar refractivity (Wildman–Crippen MR) is 97.6 cm³/mol. The van der Waals surface area contributed by atoms with Crippen molar-refractivity contribution in [3.63, 3.8) is 0 Å². The molecule has 0 radical (unpaired) electrons. The summed E-state index contributed by atoms with van der Waals surface area (Å²) in [4.78, 5) is 0. The maximum absolute atomic E-state index is 2.58. The maximum Gasteiger partial charge on any atom is 0.115 e. The van der Waals surface area contributed by atoms with Gasteiger partial charge in [-0.05, 0) is 23.5 Å². The van der Waals surface area contributed by atoms with Crippen LogP contribution in [0.25, 0.3) is 0 Å². The molecule has 0 aliphatic heterocycles. The smallest absolute Gasteiger partial charge is 0.0808 e. The lowest BCUT2D eigenvalue weighted by molar-refractivity contribution is 0.515. The monoisotopic (exact) mass is 298 g/mol. The highest BCUT2D eigenvalue weighted by atomic mass is 28.3. The van der Waals surface area contributed by atoms with Crippen LogP contribution < -0.4 is 5.19 Å². The molecule has 0 aromatic heterocycles. The summed E-state index contributed by atoms with van der Waals surface area (Å²) in [5.74, 6) is 0. The van der Waals surface area contributed by atoms with Crippen LogP contribution >= 0.6 is 0 Å². The molecule has 1 aliphatic carbocycles. The number of hydrogen-bond acceptors (Lipinski definition) is 0. The summed E-state index contributed by atoms with van der Waals surface area (Å²) in [6.07, 6.45) is 8.75. The lowest BCUT2D eigenvalue weighted by Crippen LogP contribution is -2.48. The van der Waals surface area contributed by atoms with Gasteiger partial charge < -0.3 is 0 Å². The predicted octanol–water partition coefficient (Wildman–Crippen LogP) is 5.61. The van der Waals surface area contributed by atoms with Crippen LogP contribution in [-0.2, 0) is 0 Å². The van der Waals surface area contributed by atoms with Crippen molar-refractivity contribution in [3.05, 3.63) is 53.3 Å². The Morgan fingerprint density at radius 2 is 1.71 bits per heavy atom. The van der Waals surface area contributed by atoms with Crippen molar-refractivity contribution in [2.75, 3.05) is 0 Å². The van der Waals surface area contributed by atoms with Crippen molar-refractivity contribution in [1.29, 1.82) is 0 Å². The SMILES string of the molecule is CCCC[Si](C)(C1=CCC=C1C(C)(C)C)c1ccccc1. The molecule has 1 heteroatoms. The molecule has 1 aromatic rings. The van der Waals surface area contributed by atoms with Gasteiger partial charge in [0.15, 0.2) is 0 Å². The van der Waals surface area contributed by atoms with Gasteiger partial charge in [0.25, 0.3) is 0 Å². The molecule has 21 heavy (non-hydrogen) atoms. The standard InChI is InChI=1S/C20H30Si/c1-6-7-16-21(5,17-12-9-8-10-13-17)19-15-11-14-18(19)20(2,3)4/h8-10,12-15H,6-7,11,16H2,1-5H3. The molecule has 0 spiro atoms. The third-order valence-corrected chi connectivity index (χ3v) is 9.40. The van der Waals surface area contributed by atoms with Crippen LogP contribution in [0.1, 0.15) is 47.0 Å². The van der Waals surface area contributed by atoms with E-state index in [1.807, 2.05) is 0 Å². The summed E-state index contributed by atoms with van der Waals surface area (Å²) >= 11 is 0. The van der Waals surface area contributed by atoms with Gasteiger partial charge in [-0.25, -0.2) is 0 Å². The second-order valence-corrected chi connectivity index (χ2v) is 11.8. The van der Waals surface area contributed by atoms with Crippen LogP contribution in [-0.4, -0.2) is 8.07 Å². The highest BCUT2D eigenvalue weighted by molar-refractivity contribution is 6.97. The Bertz CT molecular complexity index is 531. The van der Waals surface area contributed by atoms with E-state index in [4.69, 9.17) is 0 Å². The molecule has 0 nitrogen and oxygen atoms in total. The van der Waals surface area contributed by atoms with Crippen molar-refractivity contribution in [2.24, 2.45) is 5.41 Å². The highest BCUT2D eigenvalue weighted by Crippen LogP contribution is 2.41. The summed E-state index contributed by atoms with van der Waals surface area (Å²) in [5, 5.41) is 3.30. The van der Waals surface area contributed by atoms with E-state index >= 15 is 0 Å². The van der Waals surface area contributed by atoms with Gasteiger partial charge in [0.1, 0.15) is 8.07 Å². The number of rotatable bonds is 5. The minimum atomic E-state index is -1.59. The summed E-state index contributed by atoms with van der Waals surface area (Å²) in [5.41, 5.74) is 1.87. The normalized spacial score (nSPS) is 18.1. The third-order valence-electron chi connectivity index (χ3n) is 4.78. The fourth-order valence-corrected chi connectivity index (χ4v) is 8.02. The van der Waals surface area contributed by atoms with E-state index in [1.165, 1.54) is 18.9 Å². The summed E-state index contributed by atoms with van der Waals surface area (Å²) < 4.78 is 0. The van der Waals surface area contributed by atoms with Gasteiger partial charge in [-0.3, -0.25) is 0 Å². The molecule has 0 fully saturated rings. The Morgan fingerprint density at radius 3 is 2.29 bits per heavy atom. The van der Waals surface area contributed by atoms with Crippen molar-refractivity contribution >= 4 is 13.3 Å². The van der Waals surface area contributed by atoms with Crippen LogP contribution in [0.4, 0.5) is 0 Å². The Labute approximate surface area is 132 Å². The molecule has 0 saturated heterocycles. The molecular weight excluding hydrogens is 268 g/mol. The lowest BCUT2D eigenvalue weighted by atomic mass is 9.87. The number of benzene rings is 1. The first kappa shape index (κ1) is 16.3. The van der Waals surface area contributed by atoms with Crippen LogP contribution in [0.5, 0.6) is 0 Å². The minimum Gasteiger partial charge on any atom is -0.0808 e. The lowest BCUT2D eigenvalue weighted by Gasteiger charge is -2.36. The molecule has 0 saturated carbocycles. The molecule has 0 heterocycles. The number of hydrogen-bond donors (Lipinski definition) is 0. The van der Waals surface area contributed by atoms with Gasteiger partial charge in [-0.1, -0.05) is 100.0 Å². The van der Waals surface area contributed by atoms with E-state index < -0.39 is 8.07 Å². The summed E-state index contributed by atoms with van der Waals surface area (Å²) in [6.45, 7) is 12.0. The zero-order chi connectivity index (χ0) is 15.5. The van der Waals surface area contributed by atoms with Gasteiger partial charge in [-0.2, -0.15) is 0 Å². The van der Waals surface area contributed by atoms with Gasteiger partial charge in [0.05, 0.1) is 0 Å². The molecule has 0 bridgehead atoms. The number of allylic oxidation sites excluding steroid dienone is 4. The first-order valence-corrected chi connectivity index (χ1v) is 11.1. The zero-order valence-corrected chi connectivity index (χ0v) is 15.4. The van der Waals surface area contributed by atoms with Crippen LogP contribution in [0.3, 0.4) is 0 Å². The molecule has 1 unspecified atom stereocenters.